The number of nitrogens with zero attached hydrogens (tertiary/aromatic N) is 3. The van der Waals surface area contributed by atoms with Crippen LogP contribution in [0.1, 0.15) is 16.7 Å². The highest BCUT2D eigenvalue weighted by atomic mass is 19.4. The van der Waals surface area contributed by atoms with Gasteiger partial charge >= 0.3 is 6.18 Å². The number of piperazine rings is 1. The van der Waals surface area contributed by atoms with Crippen molar-refractivity contribution in [3.05, 3.63) is 89.6 Å². The van der Waals surface area contributed by atoms with Crippen LogP contribution in [0.5, 0.6) is 11.6 Å². The van der Waals surface area contributed by atoms with E-state index in [9.17, 15) is 13.2 Å². The highest BCUT2D eigenvalue weighted by Crippen LogP contribution is 2.30. The first-order valence-corrected chi connectivity index (χ1v) is 10.2. The highest BCUT2D eigenvalue weighted by molar-refractivity contribution is 5.31. The largest absolute Gasteiger partial charge is 0.439 e. The van der Waals surface area contributed by atoms with Gasteiger partial charge in [-0.3, -0.25) is 9.80 Å². The minimum Gasteiger partial charge on any atom is -0.439 e. The molecule has 4 rings (SSSR count). The maximum atomic E-state index is 12.6. The number of alkyl halides is 3. The van der Waals surface area contributed by atoms with Gasteiger partial charge in [-0.05, 0) is 29.3 Å². The summed E-state index contributed by atoms with van der Waals surface area (Å²) in [7, 11) is 0. The first-order valence-electron chi connectivity index (χ1n) is 10.2. The third-order valence-electron chi connectivity index (χ3n) is 5.33. The van der Waals surface area contributed by atoms with E-state index >= 15 is 0 Å². The zero-order chi connectivity index (χ0) is 21.7. The van der Waals surface area contributed by atoms with Gasteiger partial charge in [0.05, 0.1) is 5.56 Å². The fourth-order valence-electron chi connectivity index (χ4n) is 3.60. The van der Waals surface area contributed by atoms with E-state index in [1.54, 1.807) is 0 Å². The molecule has 162 valence electrons. The highest BCUT2D eigenvalue weighted by Gasteiger charge is 2.30. The van der Waals surface area contributed by atoms with E-state index in [2.05, 4.69) is 39.0 Å². The number of benzene rings is 2. The van der Waals surface area contributed by atoms with Crippen molar-refractivity contribution in [1.82, 2.24) is 14.8 Å². The molecule has 1 aliphatic heterocycles. The zero-order valence-electron chi connectivity index (χ0n) is 17.1. The monoisotopic (exact) mass is 427 g/mol. The van der Waals surface area contributed by atoms with Gasteiger partial charge in [0.15, 0.2) is 0 Å². The Kier molecular flexibility index (Phi) is 6.53. The average Bonchev–Trinajstić information content (AvgIpc) is 2.77. The van der Waals surface area contributed by atoms with Crippen LogP contribution in [0.4, 0.5) is 13.2 Å². The molecule has 0 radical (unpaired) electrons. The lowest BCUT2D eigenvalue weighted by Crippen LogP contribution is -2.45. The Morgan fingerprint density at radius 1 is 0.742 bits per heavy atom. The van der Waals surface area contributed by atoms with Crippen molar-refractivity contribution in [1.29, 1.82) is 0 Å². The molecule has 0 unspecified atom stereocenters. The minimum absolute atomic E-state index is 0.135. The molecule has 0 saturated carbocycles. The van der Waals surface area contributed by atoms with Crippen molar-refractivity contribution in [2.45, 2.75) is 19.3 Å². The van der Waals surface area contributed by atoms with Gasteiger partial charge in [-0.2, -0.15) is 13.2 Å². The van der Waals surface area contributed by atoms with Crippen LogP contribution in [0.3, 0.4) is 0 Å². The van der Waals surface area contributed by atoms with Gasteiger partial charge in [0.25, 0.3) is 0 Å². The van der Waals surface area contributed by atoms with Gasteiger partial charge in [-0.15, -0.1) is 0 Å². The third kappa shape index (κ3) is 6.06. The molecule has 0 atom stereocenters. The fourth-order valence-corrected chi connectivity index (χ4v) is 3.60. The van der Waals surface area contributed by atoms with Gasteiger partial charge in [0.2, 0.25) is 5.88 Å². The maximum absolute atomic E-state index is 12.6. The Hall–Kier alpha value is -2.90. The summed E-state index contributed by atoms with van der Waals surface area (Å²) >= 11 is 0. The van der Waals surface area contributed by atoms with Crippen molar-refractivity contribution >= 4 is 0 Å². The standard InChI is InChI=1S/C24H24F3N3O/c25-24(26,27)21-8-11-23(28-16-21)31-22-9-6-20(7-10-22)18-30-14-12-29(13-15-30)17-19-4-2-1-3-5-19/h1-11,16H,12-15,17-18H2. The quantitative estimate of drug-likeness (QED) is 0.540. The fraction of sp³-hybridized carbons (Fsp3) is 0.292. The molecule has 1 saturated heterocycles. The molecule has 7 heteroatoms. The van der Waals surface area contributed by atoms with Crippen molar-refractivity contribution in [3.63, 3.8) is 0 Å². The van der Waals surface area contributed by atoms with Crippen LogP contribution in [0.15, 0.2) is 72.9 Å². The molecule has 2 aromatic carbocycles. The molecule has 0 N–H and O–H groups in total. The molecule has 2 heterocycles. The van der Waals surface area contributed by atoms with Gasteiger partial charge < -0.3 is 4.74 Å². The molecule has 1 fully saturated rings. The van der Waals surface area contributed by atoms with Crippen LogP contribution < -0.4 is 4.74 Å². The first kappa shape index (κ1) is 21.3. The van der Waals surface area contributed by atoms with E-state index in [-0.39, 0.29) is 5.88 Å². The Labute approximate surface area is 179 Å². The van der Waals surface area contributed by atoms with Gasteiger partial charge in [0, 0.05) is 51.5 Å². The Bertz CT molecular complexity index is 952. The van der Waals surface area contributed by atoms with E-state index in [0.717, 1.165) is 51.5 Å². The second kappa shape index (κ2) is 9.49. The van der Waals surface area contributed by atoms with Crippen LogP contribution in [0, 0.1) is 0 Å². The number of hydrogen-bond donors (Lipinski definition) is 0. The number of rotatable bonds is 6. The summed E-state index contributed by atoms with van der Waals surface area (Å²) in [5.41, 5.74) is 1.72. The molecule has 4 nitrogen and oxygen atoms in total. The molecule has 31 heavy (non-hydrogen) atoms. The summed E-state index contributed by atoms with van der Waals surface area (Å²) in [6.07, 6.45) is -3.62. The van der Waals surface area contributed by atoms with Crippen molar-refractivity contribution in [3.8, 4) is 11.6 Å². The molecule has 0 spiro atoms. The second-order valence-corrected chi connectivity index (χ2v) is 7.67. The Morgan fingerprint density at radius 2 is 1.32 bits per heavy atom. The number of halogens is 3. The lowest BCUT2D eigenvalue weighted by atomic mass is 10.1. The van der Waals surface area contributed by atoms with Crippen LogP contribution >= 0.6 is 0 Å². The number of ether oxygens (including phenoxy) is 1. The molecular weight excluding hydrogens is 403 g/mol. The molecule has 0 aliphatic carbocycles. The normalized spacial score (nSPS) is 15.7. The van der Waals surface area contributed by atoms with Crippen molar-refractivity contribution in [2.24, 2.45) is 0 Å². The number of hydrogen-bond acceptors (Lipinski definition) is 4. The lowest BCUT2D eigenvalue weighted by molar-refractivity contribution is -0.137. The molecule has 0 amide bonds. The summed E-state index contributed by atoms with van der Waals surface area (Å²) in [6, 6.07) is 20.3. The Balaban J connectivity index is 1.25. The van der Waals surface area contributed by atoms with E-state index in [1.165, 1.54) is 17.2 Å². The van der Waals surface area contributed by atoms with E-state index in [1.807, 2.05) is 30.3 Å². The molecule has 1 aromatic heterocycles. The second-order valence-electron chi connectivity index (χ2n) is 7.67. The SMILES string of the molecule is FC(F)(F)c1ccc(Oc2ccc(CN3CCN(Cc4ccccc4)CC3)cc2)nc1. The number of aromatic nitrogens is 1. The van der Waals surface area contributed by atoms with Crippen LogP contribution in [0.25, 0.3) is 0 Å². The molecule has 1 aliphatic rings. The Morgan fingerprint density at radius 3 is 1.84 bits per heavy atom. The first-order chi connectivity index (χ1) is 15.0. The van der Waals surface area contributed by atoms with Crippen molar-refractivity contribution < 1.29 is 17.9 Å². The average molecular weight is 427 g/mol. The van der Waals surface area contributed by atoms with Crippen molar-refractivity contribution in [2.75, 3.05) is 26.2 Å². The predicted octanol–water partition coefficient (Wildman–Crippen LogP) is 5.21. The minimum atomic E-state index is -4.40. The van der Waals surface area contributed by atoms with Crippen LogP contribution in [-0.2, 0) is 19.3 Å². The van der Waals surface area contributed by atoms with Crippen LogP contribution in [-0.4, -0.2) is 41.0 Å². The van der Waals surface area contributed by atoms with E-state index < -0.39 is 11.7 Å². The van der Waals surface area contributed by atoms with Crippen LogP contribution in [0.2, 0.25) is 0 Å². The molecule has 0 bridgehead atoms. The van der Waals surface area contributed by atoms with Gasteiger partial charge in [0.1, 0.15) is 5.75 Å². The molecule has 3 aromatic rings. The maximum Gasteiger partial charge on any atom is 0.417 e. The summed E-state index contributed by atoms with van der Waals surface area (Å²) in [5.74, 6) is 0.680. The lowest BCUT2D eigenvalue weighted by Gasteiger charge is -2.34. The van der Waals surface area contributed by atoms with E-state index in [4.69, 9.17) is 4.74 Å². The van der Waals surface area contributed by atoms with Gasteiger partial charge in [-0.25, -0.2) is 4.98 Å². The van der Waals surface area contributed by atoms with E-state index in [0.29, 0.717) is 5.75 Å². The van der Waals surface area contributed by atoms with Gasteiger partial charge in [-0.1, -0.05) is 42.5 Å². The topological polar surface area (TPSA) is 28.6 Å². The molecular formula is C24H24F3N3O. The third-order valence-corrected chi connectivity index (χ3v) is 5.33. The smallest absolute Gasteiger partial charge is 0.417 e. The zero-order valence-corrected chi connectivity index (χ0v) is 17.1. The predicted molar refractivity (Wildman–Crippen MR) is 113 cm³/mol. The summed E-state index contributed by atoms with van der Waals surface area (Å²) in [5, 5.41) is 0. The summed E-state index contributed by atoms with van der Waals surface area (Å²) in [4.78, 5) is 8.64. The number of pyridine rings is 1. The summed E-state index contributed by atoms with van der Waals surface area (Å²) in [6.45, 7) is 5.95. The summed E-state index contributed by atoms with van der Waals surface area (Å²) < 4.78 is 43.4.